The standard InChI is InChI=1S/C15H19N3O4S/c1-2-9-16-15(19)18-12-5-7-14(8-6-12)23(20,21)17-11-13-4-3-10-22-13/h3-8,10,17H,2,9,11H2,1H3,(H2,16,18,19). The Labute approximate surface area is 135 Å². The maximum Gasteiger partial charge on any atom is 0.319 e. The molecule has 1 heterocycles. The molecule has 0 saturated carbocycles. The number of sulfonamides is 1. The monoisotopic (exact) mass is 337 g/mol. The lowest BCUT2D eigenvalue weighted by Crippen LogP contribution is -2.29. The molecule has 7 nitrogen and oxygen atoms in total. The highest BCUT2D eigenvalue weighted by molar-refractivity contribution is 7.89. The van der Waals surface area contributed by atoms with Crippen LogP contribution in [-0.4, -0.2) is 21.0 Å². The third-order valence-electron chi connectivity index (χ3n) is 2.97. The van der Waals surface area contributed by atoms with E-state index in [0.29, 0.717) is 18.0 Å². The van der Waals surface area contributed by atoms with Crippen molar-refractivity contribution in [2.45, 2.75) is 24.8 Å². The van der Waals surface area contributed by atoms with Crippen LogP contribution in [0.4, 0.5) is 10.5 Å². The minimum absolute atomic E-state index is 0.0781. The molecule has 2 aromatic rings. The zero-order valence-electron chi connectivity index (χ0n) is 12.7. The highest BCUT2D eigenvalue weighted by Crippen LogP contribution is 2.14. The van der Waals surface area contributed by atoms with E-state index in [1.165, 1.54) is 30.5 Å². The van der Waals surface area contributed by atoms with Gasteiger partial charge in [-0.05, 0) is 42.8 Å². The number of rotatable bonds is 7. The van der Waals surface area contributed by atoms with Gasteiger partial charge in [-0.1, -0.05) is 6.92 Å². The first-order valence-electron chi connectivity index (χ1n) is 7.18. The van der Waals surface area contributed by atoms with Gasteiger partial charge in [-0.3, -0.25) is 0 Å². The lowest BCUT2D eigenvalue weighted by atomic mass is 10.3. The minimum atomic E-state index is -3.63. The maximum absolute atomic E-state index is 12.1. The van der Waals surface area contributed by atoms with Gasteiger partial charge in [0.25, 0.3) is 0 Å². The van der Waals surface area contributed by atoms with E-state index < -0.39 is 10.0 Å². The molecule has 0 fully saturated rings. The van der Waals surface area contributed by atoms with Crippen molar-refractivity contribution in [2.24, 2.45) is 0 Å². The molecule has 124 valence electrons. The summed E-state index contributed by atoms with van der Waals surface area (Å²) in [6.45, 7) is 2.61. The van der Waals surface area contributed by atoms with Crippen LogP contribution in [0.25, 0.3) is 0 Å². The van der Waals surface area contributed by atoms with Crippen molar-refractivity contribution < 1.29 is 17.6 Å². The number of furan rings is 1. The molecule has 0 spiro atoms. The van der Waals surface area contributed by atoms with Crippen LogP contribution in [0, 0.1) is 0 Å². The number of hydrogen-bond donors (Lipinski definition) is 3. The number of hydrogen-bond acceptors (Lipinski definition) is 4. The normalized spacial score (nSPS) is 11.2. The van der Waals surface area contributed by atoms with Gasteiger partial charge in [0.2, 0.25) is 10.0 Å². The van der Waals surface area contributed by atoms with E-state index in [1.807, 2.05) is 6.92 Å². The number of anilines is 1. The van der Waals surface area contributed by atoms with E-state index in [2.05, 4.69) is 15.4 Å². The molecule has 0 aliphatic rings. The number of amides is 2. The Bertz CT molecular complexity index is 725. The van der Waals surface area contributed by atoms with Gasteiger partial charge in [0.15, 0.2) is 0 Å². The number of benzene rings is 1. The van der Waals surface area contributed by atoms with Crippen LogP contribution >= 0.6 is 0 Å². The van der Waals surface area contributed by atoms with E-state index in [0.717, 1.165) is 6.42 Å². The first-order valence-corrected chi connectivity index (χ1v) is 8.66. The van der Waals surface area contributed by atoms with Gasteiger partial charge in [0, 0.05) is 12.2 Å². The Balaban J connectivity index is 1.96. The van der Waals surface area contributed by atoms with Gasteiger partial charge in [-0.15, -0.1) is 0 Å². The van der Waals surface area contributed by atoms with Crippen molar-refractivity contribution in [1.82, 2.24) is 10.0 Å². The smallest absolute Gasteiger partial charge is 0.319 e. The van der Waals surface area contributed by atoms with Crippen molar-refractivity contribution in [3.63, 3.8) is 0 Å². The molecule has 0 radical (unpaired) electrons. The van der Waals surface area contributed by atoms with Crippen LogP contribution in [0.5, 0.6) is 0 Å². The predicted octanol–water partition coefficient (Wildman–Crippen LogP) is 2.29. The largest absolute Gasteiger partial charge is 0.468 e. The zero-order valence-corrected chi connectivity index (χ0v) is 13.5. The second kappa shape index (κ2) is 7.80. The second-order valence-electron chi connectivity index (χ2n) is 4.81. The van der Waals surface area contributed by atoms with E-state index in [-0.39, 0.29) is 17.5 Å². The quantitative estimate of drug-likeness (QED) is 0.721. The summed E-state index contributed by atoms with van der Waals surface area (Å²) in [6.07, 6.45) is 2.32. The summed E-state index contributed by atoms with van der Waals surface area (Å²) >= 11 is 0. The number of carbonyl (C=O) groups excluding carboxylic acids is 1. The lowest BCUT2D eigenvalue weighted by molar-refractivity contribution is 0.252. The predicted molar refractivity (Wildman–Crippen MR) is 86.5 cm³/mol. The van der Waals surface area contributed by atoms with Crippen molar-refractivity contribution in [3.8, 4) is 0 Å². The number of carbonyl (C=O) groups is 1. The average molecular weight is 337 g/mol. The van der Waals surface area contributed by atoms with Crippen LogP contribution in [-0.2, 0) is 16.6 Å². The Kier molecular flexibility index (Phi) is 5.78. The summed E-state index contributed by atoms with van der Waals surface area (Å²) in [5.74, 6) is 0.527. The first kappa shape index (κ1) is 17.0. The molecule has 23 heavy (non-hydrogen) atoms. The van der Waals surface area contributed by atoms with Crippen molar-refractivity contribution >= 4 is 21.7 Å². The Morgan fingerprint density at radius 1 is 1.17 bits per heavy atom. The van der Waals surface area contributed by atoms with Crippen molar-refractivity contribution in [3.05, 3.63) is 48.4 Å². The summed E-state index contributed by atoms with van der Waals surface area (Å²) < 4.78 is 31.8. The number of nitrogens with one attached hydrogen (secondary N) is 3. The van der Waals surface area contributed by atoms with Gasteiger partial charge in [0.05, 0.1) is 17.7 Å². The molecule has 0 bridgehead atoms. The van der Waals surface area contributed by atoms with Gasteiger partial charge in [-0.25, -0.2) is 17.9 Å². The van der Waals surface area contributed by atoms with E-state index in [1.54, 1.807) is 12.1 Å². The average Bonchev–Trinajstić information content (AvgIpc) is 3.05. The van der Waals surface area contributed by atoms with Crippen LogP contribution in [0.1, 0.15) is 19.1 Å². The first-order chi connectivity index (χ1) is 11.0. The molecule has 0 aliphatic carbocycles. The molecule has 0 saturated heterocycles. The minimum Gasteiger partial charge on any atom is -0.468 e. The Morgan fingerprint density at radius 3 is 2.52 bits per heavy atom. The summed E-state index contributed by atoms with van der Waals surface area (Å²) in [5.41, 5.74) is 0.517. The van der Waals surface area contributed by atoms with Gasteiger partial charge in [-0.2, -0.15) is 0 Å². The molecular weight excluding hydrogens is 318 g/mol. The summed E-state index contributed by atoms with van der Waals surface area (Å²) in [7, 11) is -3.63. The lowest BCUT2D eigenvalue weighted by Gasteiger charge is -2.08. The highest BCUT2D eigenvalue weighted by Gasteiger charge is 2.14. The topological polar surface area (TPSA) is 100 Å². The third-order valence-corrected chi connectivity index (χ3v) is 4.39. The molecule has 3 N–H and O–H groups in total. The molecule has 0 atom stereocenters. The van der Waals surface area contributed by atoms with E-state index in [4.69, 9.17) is 4.42 Å². The van der Waals surface area contributed by atoms with Crippen LogP contribution < -0.4 is 15.4 Å². The summed E-state index contributed by atoms with van der Waals surface area (Å²) in [6, 6.07) is 8.98. The molecule has 1 aromatic heterocycles. The molecule has 8 heteroatoms. The van der Waals surface area contributed by atoms with Gasteiger partial charge < -0.3 is 15.1 Å². The second-order valence-corrected chi connectivity index (χ2v) is 6.58. The third kappa shape index (κ3) is 5.11. The number of urea groups is 1. The SMILES string of the molecule is CCCNC(=O)Nc1ccc(S(=O)(=O)NCc2ccco2)cc1. The Morgan fingerprint density at radius 2 is 1.91 bits per heavy atom. The summed E-state index contributed by atoms with van der Waals surface area (Å²) in [4.78, 5) is 11.6. The van der Waals surface area contributed by atoms with E-state index >= 15 is 0 Å². The maximum atomic E-state index is 12.1. The van der Waals surface area contributed by atoms with Crippen molar-refractivity contribution in [2.75, 3.05) is 11.9 Å². The summed E-state index contributed by atoms with van der Waals surface area (Å²) in [5, 5.41) is 5.30. The highest BCUT2D eigenvalue weighted by atomic mass is 32.2. The van der Waals surface area contributed by atoms with E-state index in [9.17, 15) is 13.2 Å². The van der Waals surface area contributed by atoms with Gasteiger partial charge in [0.1, 0.15) is 5.76 Å². The van der Waals surface area contributed by atoms with Crippen LogP contribution in [0.3, 0.4) is 0 Å². The zero-order chi connectivity index (χ0) is 16.7. The molecule has 0 aliphatic heterocycles. The molecule has 2 amide bonds. The van der Waals surface area contributed by atoms with Gasteiger partial charge >= 0.3 is 6.03 Å². The molecule has 1 aromatic carbocycles. The fourth-order valence-electron chi connectivity index (χ4n) is 1.79. The Hall–Kier alpha value is -2.32. The van der Waals surface area contributed by atoms with Crippen LogP contribution in [0.2, 0.25) is 0 Å². The van der Waals surface area contributed by atoms with Crippen LogP contribution in [0.15, 0.2) is 52.0 Å². The fraction of sp³-hybridized carbons (Fsp3) is 0.267. The molecular formula is C15H19N3O4S. The fourth-order valence-corrected chi connectivity index (χ4v) is 2.79. The molecule has 2 rings (SSSR count). The van der Waals surface area contributed by atoms with Crippen molar-refractivity contribution in [1.29, 1.82) is 0 Å². The molecule has 0 unspecified atom stereocenters.